The van der Waals surface area contributed by atoms with Crippen molar-refractivity contribution in [3.63, 3.8) is 0 Å². The Morgan fingerprint density at radius 2 is 1.72 bits per heavy atom. The van der Waals surface area contributed by atoms with Gasteiger partial charge in [0.15, 0.2) is 6.10 Å². The molecule has 0 bridgehead atoms. The highest BCUT2D eigenvalue weighted by atomic mass is 19.1. The first-order chi connectivity index (χ1) is 11.9. The van der Waals surface area contributed by atoms with Crippen LogP contribution in [-0.2, 0) is 9.53 Å². The van der Waals surface area contributed by atoms with Crippen molar-refractivity contribution in [2.75, 3.05) is 19.5 Å². The van der Waals surface area contributed by atoms with Gasteiger partial charge < -0.3 is 19.5 Å². The zero-order valence-electron chi connectivity index (χ0n) is 14.0. The van der Waals surface area contributed by atoms with Crippen molar-refractivity contribution in [2.45, 2.75) is 13.0 Å². The Labute approximate surface area is 144 Å². The van der Waals surface area contributed by atoms with Crippen LogP contribution < -0.4 is 14.8 Å². The van der Waals surface area contributed by atoms with E-state index in [9.17, 15) is 14.0 Å². The molecule has 0 heterocycles. The quantitative estimate of drug-likeness (QED) is 0.813. The van der Waals surface area contributed by atoms with Gasteiger partial charge >= 0.3 is 5.97 Å². The number of methoxy groups -OCH3 is 2. The van der Waals surface area contributed by atoms with E-state index in [1.807, 2.05) is 0 Å². The first-order valence-corrected chi connectivity index (χ1v) is 7.44. The predicted octanol–water partition coefficient (Wildman–Crippen LogP) is 3.03. The van der Waals surface area contributed by atoms with Crippen molar-refractivity contribution in [1.82, 2.24) is 0 Å². The molecule has 0 saturated carbocycles. The number of amides is 1. The second-order valence-corrected chi connectivity index (χ2v) is 5.11. The standard InChI is InChI=1S/C18H18FNO5/c1-11(25-18(22)12-4-6-13(19)7-5-12)17(21)20-15-10-14(23-2)8-9-16(15)24-3/h4-11H,1-3H3,(H,20,21). The molecular formula is C18H18FNO5. The van der Waals surface area contributed by atoms with Gasteiger partial charge in [-0.05, 0) is 43.3 Å². The average molecular weight is 347 g/mol. The summed E-state index contributed by atoms with van der Waals surface area (Å²) in [5, 5.41) is 2.62. The Morgan fingerprint density at radius 3 is 2.32 bits per heavy atom. The summed E-state index contributed by atoms with van der Waals surface area (Å²) in [6.07, 6.45) is -1.06. The van der Waals surface area contributed by atoms with Crippen LogP contribution >= 0.6 is 0 Å². The number of rotatable bonds is 6. The smallest absolute Gasteiger partial charge is 0.338 e. The number of hydrogen-bond donors (Lipinski definition) is 1. The van der Waals surface area contributed by atoms with Crippen LogP contribution in [0.25, 0.3) is 0 Å². The molecule has 1 N–H and O–H groups in total. The molecule has 0 aliphatic rings. The molecule has 0 radical (unpaired) electrons. The summed E-state index contributed by atoms with van der Waals surface area (Å²) in [7, 11) is 2.97. The fourth-order valence-electron chi connectivity index (χ4n) is 2.01. The van der Waals surface area contributed by atoms with Crippen LogP contribution in [0.4, 0.5) is 10.1 Å². The van der Waals surface area contributed by atoms with Gasteiger partial charge in [0, 0.05) is 6.07 Å². The molecule has 0 aliphatic heterocycles. The Kier molecular flexibility index (Phi) is 5.94. The maximum atomic E-state index is 12.9. The summed E-state index contributed by atoms with van der Waals surface area (Å²) in [5.74, 6) is -0.756. The number of esters is 1. The zero-order valence-corrected chi connectivity index (χ0v) is 14.0. The maximum absolute atomic E-state index is 12.9. The lowest BCUT2D eigenvalue weighted by atomic mass is 10.2. The Bertz CT molecular complexity index is 761. The number of carbonyl (C=O) groups is 2. The molecule has 2 aromatic carbocycles. The molecule has 25 heavy (non-hydrogen) atoms. The zero-order chi connectivity index (χ0) is 18.4. The van der Waals surface area contributed by atoms with Gasteiger partial charge in [-0.25, -0.2) is 9.18 Å². The summed E-state index contributed by atoms with van der Waals surface area (Å²) in [5.41, 5.74) is 0.538. The van der Waals surface area contributed by atoms with Crippen molar-refractivity contribution >= 4 is 17.6 Å². The molecule has 2 rings (SSSR count). The highest BCUT2D eigenvalue weighted by Gasteiger charge is 2.20. The van der Waals surface area contributed by atoms with E-state index in [1.54, 1.807) is 18.2 Å². The van der Waals surface area contributed by atoms with E-state index in [2.05, 4.69) is 5.32 Å². The van der Waals surface area contributed by atoms with Crippen molar-refractivity contribution in [2.24, 2.45) is 0 Å². The van der Waals surface area contributed by atoms with Crippen LogP contribution in [-0.4, -0.2) is 32.2 Å². The average Bonchev–Trinajstić information content (AvgIpc) is 2.61. The molecule has 7 heteroatoms. The Hall–Kier alpha value is -3.09. The molecule has 0 saturated heterocycles. The fraction of sp³-hybridized carbons (Fsp3) is 0.222. The van der Waals surface area contributed by atoms with Crippen molar-refractivity contribution in [3.8, 4) is 11.5 Å². The van der Waals surface area contributed by atoms with Crippen molar-refractivity contribution < 1.29 is 28.2 Å². The first kappa shape index (κ1) is 18.3. The summed E-state index contributed by atoms with van der Waals surface area (Å²) in [6, 6.07) is 9.77. The fourth-order valence-corrected chi connectivity index (χ4v) is 2.01. The van der Waals surface area contributed by atoms with E-state index < -0.39 is 23.8 Å². The molecule has 0 aliphatic carbocycles. The van der Waals surface area contributed by atoms with E-state index in [0.717, 1.165) is 12.1 Å². The highest BCUT2D eigenvalue weighted by Crippen LogP contribution is 2.29. The topological polar surface area (TPSA) is 73.9 Å². The van der Waals surface area contributed by atoms with E-state index in [4.69, 9.17) is 14.2 Å². The number of ether oxygens (including phenoxy) is 3. The van der Waals surface area contributed by atoms with Gasteiger partial charge in [0.1, 0.15) is 17.3 Å². The lowest BCUT2D eigenvalue weighted by molar-refractivity contribution is -0.123. The summed E-state index contributed by atoms with van der Waals surface area (Å²) in [6.45, 7) is 1.43. The largest absolute Gasteiger partial charge is 0.497 e. The molecule has 6 nitrogen and oxygen atoms in total. The minimum Gasteiger partial charge on any atom is -0.497 e. The van der Waals surface area contributed by atoms with Gasteiger partial charge in [0.2, 0.25) is 0 Å². The van der Waals surface area contributed by atoms with E-state index in [-0.39, 0.29) is 5.56 Å². The molecule has 0 fully saturated rings. The van der Waals surface area contributed by atoms with Crippen LogP contribution in [0.15, 0.2) is 42.5 Å². The molecule has 132 valence electrons. The number of anilines is 1. The van der Waals surface area contributed by atoms with Gasteiger partial charge in [-0.15, -0.1) is 0 Å². The van der Waals surface area contributed by atoms with Crippen LogP contribution in [0, 0.1) is 5.82 Å². The third-order valence-corrected chi connectivity index (χ3v) is 3.40. The molecule has 1 amide bonds. The lowest BCUT2D eigenvalue weighted by Crippen LogP contribution is -2.30. The normalized spacial score (nSPS) is 11.4. The molecule has 2 aromatic rings. The van der Waals surface area contributed by atoms with E-state index in [0.29, 0.717) is 17.2 Å². The van der Waals surface area contributed by atoms with Crippen molar-refractivity contribution in [3.05, 3.63) is 53.8 Å². The molecule has 0 aromatic heterocycles. The number of carbonyl (C=O) groups excluding carboxylic acids is 2. The molecule has 1 unspecified atom stereocenters. The number of halogens is 1. The van der Waals surface area contributed by atoms with Crippen LogP contribution in [0.5, 0.6) is 11.5 Å². The first-order valence-electron chi connectivity index (χ1n) is 7.44. The Morgan fingerprint density at radius 1 is 1.04 bits per heavy atom. The number of nitrogens with one attached hydrogen (secondary N) is 1. The SMILES string of the molecule is COc1ccc(OC)c(NC(=O)C(C)OC(=O)c2ccc(F)cc2)c1. The monoisotopic (exact) mass is 347 g/mol. The van der Waals surface area contributed by atoms with E-state index >= 15 is 0 Å². The summed E-state index contributed by atoms with van der Waals surface area (Å²) < 4.78 is 28.3. The predicted molar refractivity (Wildman–Crippen MR) is 89.5 cm³/mol. The van der Waals surface area contributed by atoms with Gasteiger partial charge in [0.05, 0.1) is 25.5 Å². The summed E-state index contributed by atoms with van der Waals surface area (Å²) >= 11 is 0. The minimum atomic E-state index is -1.06. The molecular weight excluding hydrogens is 329 g/mol. The number of benzene rings is 2. The third kappa shape index (κ3) is 4.69. The van der Waals surface area contributed by atoms with Crippen LogP contribution in [0.3, 0.4) is 0 Å². The van der Waals surface area contributed by atoms with Crippen LogP contribution in [0.2, 0.25) is 0 Å². The lowest BCUT2D eigenvalue weighted by Gasteiger charge is -2.16. The highest BCUT2D eigenvalue weighted by molar-refractivity contribution is 5.98. The third-order valence-electron chi connectivity index (χ3n) is 3.40. The van der Waals surface area contributed by atoms with Gasteiger partial charge in [0.25, 0.3) is 5.91 Å². The molecule has 1 atom stereocenters. The van der Waals surface area contributed by atoms with Crippen molar-refractivity contribution in [1.29, 1.82) is 0 Å². The minimum absolute atomic E-state index is 0.153. The number of hydrogen-bond acceptors (Lipinski definition) is 5. The second-order valence-electron chi connectivity index (χ2n) is 5.11. The van der Waals surface area contributed by atoms with Gasteiger partial charge in [-0.3, -0.25) is 4.79 Å². The molecule has 0 spiro atoms. The maximum Gasteiger partial charge on any atom is 0.338 e. The van der Waals surface area contributed by atoms with Gasteiger partial charge in [-0.1, -0.05) is 0 Å². The van der Waals surface area contributed by atoms with Crippen LogP contribution in [0.1, 0.15) is 17.3 Å². The van der Waals surface area contributed by atoms with E-state index in [1.165, 1.54) is 33.3 Å². The summed E-state index contributed by atoms with van der Waals surface area (Å²) in [4.78, 5) is 24.2. The Balaban J connectivity index is 2.05. The van der Waals surface area contributed by atoms with Gasteiger partial charge in [-0.2, -0.15) is 0 Å². The second kappa shape index (κ2) is 8.14.